The normalized spacial score (nSPS) is 11.6. The maximum Gasteiger partial charge on any atom is 0.124 e. The van der Waals surface area contributed by atoms with Gasteiger partial charge in [0.05, 0.1) is 25.0 Å². The van der Waals surface area contributed by atoms with Crippen molar-refractivity contribution in [2.45, 2.75) is 89.9 Å². The van der Waals surface area contributed by atoms with Crippen LogP contribution in [0, 0.1) is 6.92 Å². The van der Waals surface area contributed by atoms with Crippen molar-refractivity contribution in [2.75, 3.05) is 26.7 Å². The molecule has 0 heterocycles. The Bertz CT molecular complexity index is 939. The lowest BCUT2D eigenvalue weighted by Gasteiger charge is -2.35. The van der Waals surface area contributed by atoms with Gasteiger partial charge >= 0.3 is 0 Å². The zero-order valence-corrected chi connectivity index (χ0v) is 24.0. The molecule has 0 saturated heterocycles. The van der Waals surface area contributed by atoms with Gasteiger partial charge in [-0.25, -0.2) is 8.42 Å². The van der Waals surface area contributed by atoms with Crippen molar-refractivity contribution < 1.29 is 17.5 Å². The van der Waals surface area contributed by atoms with Gasteiger partial charge in [-0.1, -0.05) is 107 Å². The highest BCUT2D eigenvalue weighted by Gasteiger charge is 2.22. The summed E-state index contributed by atoms with van der Waals surface area (Å²) < 4.78 is 32.3. The summed E-state index contributed by atoms with van der Waals surface area (Å²) in [7, 11) is -1.82. The fourth-order valence-electron chi connectivity index (χ4n) is 4.39. The molecule has 2 rings (SSSR count). The fourth-order valence-corrected chi connectivity index (χ4v) is 4.86. The molecule has 0 aliphatic carbocycles. The number of aryl methyl sites for hydroxylation is 1. The molecule has 0 unspecified atom stereocenters. The molecule has 0 N–H and O–H groups in total. The minimum atomic E-state index is -4.27. The molecular weight excluding hydrogens is 466 g/mol. The number of benzene rings is 2. The van der Waals surface area contributed by atoms with E-state index in [0.29, 0.717) is 0 Å². The lowest BCUT2D eigenvalue weighted by atomic mass is 10.0. The van der Waals surface area contributed by atoms with E-state index in [9.17, 15) is 13.0 Å². The van der Waals surface area contributed by atoms with E-state index >= 15 is 0 Å². The number of unbranched alkanes of at least 4 members (excludes halogenated alkanes) is 8. The summed E-state index contributed by atoms with van der Waals surface area (Å²) in [5, 5.41) is 0. The van der Waals surface area contributed by atoms with Gasteiger partial charge in [-0.2, -0.15) is 0 Å². The molecule has 4 nitrogen and oxygen atoms in total. The van der Waals surface area contributed by atoms with Gasteiger partial charge in [0.1, 0.15) is 16.7 Å². The van der Waals surface area contributed by atoms with Gasteiger partial charge in [0.2, 0.25) is 0 Å². The van der Waals surface area contributed by atoms with Crippen LogP contribution in [-0.2, 0) is 10.1 Å². The van der Waals surface area contributed by atoms with Crippen LogP contribution in [0.1, 0.15) is 89.2 Å². The Morgan fingerprint density at radius 1 is 0.778 bits per heavy atom. The number of likely N-dealkylation sites (N-methyl/N-ethyl adjacent to an activating group) is 1. The molecule has 0 atom stereocenters. The SMILES string of the molecule is C=C(C[N+](C)(CCCCCCC)CCCCCCC)c1ccccc1.Cc1ccc(S(=O)(=O)[O-])cc1. The van der Waals surface area contributed by atoms with Crippen molar-refractivity contribution in [2.24, 2.45) is 0 Å². The number of rotatable bonds is 16. The summed E-state index contributed by atoms with van der Waals surface area (Å²) in [6, 6.07) is 16.5. The quantitative estimate of drug-likeness (QED) is 0.129. The average Bonchev–Trinajstić information content (AvgIpc) is 2.84. The van der Waals surface area contributed by atoms with Crippen LogP contribution in [0.4, 0.5) is 0 Å². The van der Waals surface area contributed by atoms with E-state index in [1.807, 2.05) is 6.92 Å². The van der Waals surface area contributed by atoms with Crippen LogP contribution in [0.3, 0.4) is 0 Å². The second-order valence-electron chi connectivity index (χ2n) is 10.3. The van der Waals surface area contributed by atoms with Crippen LogP contribution < -0.4 is 0 Å². The zero-order chi connectivity index (χ0) is 26.9. The van der Waals surface area contributed by atoms with Crippen molar-refractivity contribution in [3.63, 3.8) is 0 Å². The molecular formula is C31H49NO3S. The maximum atomic E-state index is 10.4. The Kier molecular flexibility index (Phi) is 15.6. The monoisotopic (exact) mass is 515 g/mol. The molecule has 0 spiro atoms. The highest BCUT2D eigenvalue weighted by Crippen LogP contribution is 2.20. The minimum Gasteiger partial charge on any atom is -0.744 e. The Morgan fingerprint density at radius 3 is 1.69 bits per heavy atom. The van der Waals surface area contributed by atoms with Crippen molar-refractivity contribution in [1.29, 1.82) is 0 Å². The first kappa shape index (κ1) is 32.1. The lowest BCUT2D eigenvalue weighted by Crippen LogP contribution is -2.46. The van der Waals surface area contributed by atoms with Crippen molar-refractivity contribution in [1.82, 2.24) is 0 Å². The van der Waals surface area contributed by atoms with Gasteiger partial charge in [-0.15, -0.1) is 0 Å². The van der Waals surface area contributed by atoms with Gasteiger partial charge < -0.3 is 9.04 Å². The summed E-state index contributed by atoms with van der Waals surface area (Å²) in [6.07, 6.45) is 13.7. The van der Waals surface area contributed by atoms with E-state index in [1.165, 1.54) is 101 Å². The van der Waals surface area contributed by atoms with Crippen molar-refractivity contribution in [3.05, 3.63) is 72.3 Å². The van der Waals surface area contributed by atoms with E-state index in [1.54, 1.807) is 12.1 Å². The summed E-state index contributed by atoms with van der Waals surface area (Å²) >= 11 is 0. The molecule has 0 fully saturated rings. The Labute approximate surface area is 221 Å². The van der Waals surface area contributed by atoms with Crippen LogP contribution in [0.25, 0.3) is 5.57 Å². The Hall–Kier alpha value is -1.95. The molecule has 2 aromatic carbocycles. The van der Waals surface area contributed by atoms with Gasteiger partial charge in [-0.3, -0.25) is 0 Å². The summed E-state index contributed by atoms with van der Waals surface area (Å²) in [6.45, 7) is 14.5. The Balaban J connectivity index is 0.000000488. The van der Waals surface area contributed by atoms with E-state index in [2.05, 4.69) is 57.8 Å². The largest absolute Gasteiger partial charge is 0.744 e. The first-order chi connectivity index (χ1) is 17.1. The van der Waals surface area contributed by atoms with Crippen molar-refractivity contribution >= 4 is 15.7 Å². The zero-order valence-electron chi connectivity index (χ0n) is 23.2. The van der Waals surface area contributed by atoms with Gasteiger partial charge in [0.15, 0.2) is 0 Å². The second-order valence-corrected chi connectivity index (χ2v) is 11.7. The number of hydrogen-bond acceptors (Lipinski definition) is 3. The average molecular weight is 516 g/mol. The van der Waals surface area contributed by atoms with E-state index < -0.39 is 10.1 Å². The first-order valence-corrected chi connectivity index (χ1v) is 15.1. The van der Waals surface area contributed by atoms with Crippen LogP contribution in [0.2, 0.25) is 0 Å². The highest BCUT2D eigenvalue weighted by molar-refractivity contribution is 7.85. The molecule has 0 bridgehead atoms. The molecule has 2 aromatic rings. The predicted molar refractivity (Wildman–Crippen MR) is 153 cm³/mol. The molecule has 36 heavy (non-hydrogen) atoms. The van der Waals surface area contributed by atoms with Crippen LogP contribution >= 0.6 is 0 Å². The standard InChI is InChI=1S/C24H42N.C7H8O3S/c1-5-7-9-11-16-20-25(4,21-17-12-10-8-6-2)22-23(3)24-18-14-13-15-19-24;1-6-2-4-7(5-3-6)11(8,9)10/h13-15,18-19H,3,5-12,16-17,20-22H2,1-2,4H3;2-5H,1H3,(H,8,9,10)/q+1;/p-1. The number of quaternary nitrogens is 1. The minimum absolute atomic E-state index is 0.178. The molecule has 0 aliphatic heterocycles. The first-order valence-electron chi connectivity index (χ1n) is 13.7. The van der Waals surface area contributed by atoms with E-state index in [4.69, 9.17) is 0 Å². The summed E-state index contributed by atoms with van der Waals surface area (Å²) in [5.74, 6) is 0. The van der Waals surface area contributed by atoms with Crippen LogP contribution in [0.15, 0.2) is 66.1 Å². The molecule has 5 heteroatoms. The third-order valence-electron chi connectivity index (χ3n) is 6.67. The van der Waals surface area contributed by atoms with Gasteiger partial charge in [0, 0.05) is 5.57 Å². The summed E-state index contributed by atoms with van der Waals surface area (Å²) in [5.41, 5.74) is 3.53. The van der Waals surface area contributed by atoms with Gasteiger partial charge in [-0.05, 0) is 50.3 Å². The lowest BCUT2D eigenvalue weighted by molar-refractivity contribution is -0.902. The Morgan fingerprint density at radius 2 is 1.25 bits per heavy atom. The fraction of sp³-hybridized carbons (Fsp3) is 0.548. The maximum absolute atomic E-state index is 10.4. The van der Waals surface area contributed by atoms with E-state index in [0.717, 1.165) is 16.6 Å². The molecule has 202 valence electrons. The second kappa shape index (κ2) is 17.5. The smallest absolute Gasteiger partial charge is 0.124 e. The third-order valence-corrected chi connectivity index (χ3v) is 7.52. The molecule has 0 radical (unpaired) electrons. The molecule has 0 amide bonds. The molecule has 0 aliphatic rings. The topological polar surface area (TPSA) is 57.2 Å². The van der Waals surface area contributed by atoms with E-state index in [-0.39, 0.29) is 4.90 Å². The number of nitrogens with zero attached hydrogens (tertiary/aromatic N) is 1. The number of hydrogen-bond donors (Lipinski definition) is 0. The third kappa shape index (κ3) is 14.0. The van der Waals surface area contributed by atoms with Gasteiger partial charge in [0.25, 0.3) is 0 Å². The predicted octanol–water partition coefficient (Wildman–Crippen LogP) is 7.99. The highest BCUT2D eigenvalue weighted by atomic mass is 32.2. The van der Waals surface area contributed by atoms with Crippen LogP contribution in [-0.4, -0.2) is 44.1 Å². The molecule has 0 saturated carbocycles. The summed E-state index contributed by atoms with van der Waals surface area (Å²) in [4.78, 5) is -0.178. The van der Waals surface area contributed by atoms with Crippen LogP contribution in [0.5, 0.6) is 0 Å². The molecule has 0 aromatic heterocycles. The van der Waals surface area contributed by atoms with Crippen molar-refractivity contribution in [3.8, 4) is 0 Å².